The van der Waals surface area contributed by atoms with Crippen molar-refractivity contribution in [3.8, 4) is 0 Å². The molecule has 1 aliphatic heterocycles. The van der Waals surface area contributed by atoms with Gasteiger partial charge in [-0.05, 0) is 32.6 Å². The van der Waals surface area contributed by atoms with Crippen molar-refractivity contribution in [2.24, 2.45) is 10.8 Å². The van der Waals surface area contributed by atoms with E-state index < -0.39 is 11.4 Å². The first-order chi connectivity index (χ1) is 8.43. The standard InChI is InChI=1S/C14H21NO3/c1-3-5-14(6-4-7-14)11(16)15-9-8-13(2,10-15)12(17)18/h3H,1,4-10H2,2H3,(H,17,18). The minimum absolute atomic E-state index is 0.138. The summed E-state index contributed by atoms with van der Waals surface area (Å²) in [5.74, 6) is -0.664. The monoisotopic (exact) mass is 251 g/mol. The van der Waals surface area contributed by atoms with E-state index in [1.165, 1.54) is 0 Å². The molecule has 1 unspecified atom stereocenters. The Kier molecular flexibility index (Phi) is 3.21. The molecule has 2 rings (SSSR count). The lowest BCUT2D eigenvalue weighted by Crippen LogP contribution is -2.47. The molecule has 0 aromatic rings. The van der Waals surface area contributed by atoms with Crippen LogP contribution in [0.1, 0.15) is 39.0 Å². The van der Waals surface area contributed by atoms with Gasteiger partial charge in [0.2, 0.25) is 5.91 Å². The number of carboxylic acid groups (broad SMARTS) is 1. The number of carboxylic acids is 1. The first-order valence-electron chi connectivity index (χ1n) is 6.57. The molecule has 2 aliphatic rings. The maximum absolute atomic E-state index is 12.5. The summed E-state index contributed by atoms with van der Waals surface area (Å²) in [6.45, 7) is 6.37. The van der Waals surface area contributed by atoms with E-state index in [-0.39, 0.29) is 11.3 Å². The van der Waals surface area contributed by atoms with Gasteiger partial charge < -0.3 is 10.0 Å². The smallest absolute Gasteiger partial charge is 0.311 e. The van der Waals surface area contributed by atoms with Crippen molar-refractivity contribution in [2.75, 3.05) is 13.1 Å². The number of aliphatic carboxylic acids is 1. The summed E-state index contributed by atoms with van der Waals surface area (Å²) in [5, 5.41) is 9.20. The van der Waals surface area contributed by atoms with Crippen LogP contribution in [0.3, 0.4) is 0 Å². The van der Waals surface area contributed by atoms with Crippen LogP contribution in [-0.4, -0.2) is 35.0 Å². The third kappa shape index (κ3) is 1.93. The summed E-state index contributed by atoms with van der Waals surface area (Å²) in [4.78, 5) is 25.5. The fraction of sp³-hybridized carbons (Fsp3) is 0.714. The van der Waals surface area contributed by atoms with Crippen LogP contribution >= 0.6 is 0 Å². The Hall–Kier alpha value is -1.32. The number of allylic oxidation sites excluding steroid dienone is 1. The summed E-state index contributed by atoms with van der Waals surface area (Å²) < 4.78 is 0. The van der Waals surface area contributed by atoms with Crippen molar-refractivity contribution < 1.29 is 14.7 Å². The van der Waals surface area contributed by atoms with Gasteiger partial charge in [0.1, 0.15) is 0 Å². The molecule has 2 fully saturated rings. The lowest BCUT2D eigenvalue weighted by Gasteiger charge is -2.42. The molecule has 1 amide bonds. The fourth-order valence-electron chi connectivity index (χ4n) is 3.03. The molecule has 0 spiro atoms. The van der Waals surface area contributed by atoms with Crippen LogP contribution in [0, 0.1) is 10.8 Å². The molecule has 1 saturated heterocycles. The van der Waals surface area contributed by atoms with E-state index in [2.05, 4.69) is 6.58 Å². The highest BCUT2D eigenvalue weighted by molar-refractivity contribution is 5.85. The average molecular weight is 251 g/mol. The van der Waals surface area contributed by atoms with Gasteiger partial charge in [-0.2, -0.15) is 0 Å². The highest BCUT2D eigenvalue weighted by atomic mass is 16.4. The Labute approximate surface area is 108 Å². The average Bonchev–Trinajstić information content (AvgIpc) is 2.67. The fourth-order valence-corrected chi connectivity index (χ4v) is 3.03. The minimum Gasteiger partial charge on any atom is -0.481 e. The Balaban J connectivity index is 2.07. The molecule has 1 saturated carbocycles. The summed E-state index contributed by atoms with van der Waals surface area (Å²) >= 11 is 0. The first-order valence-corrected chi connectivity index (χ1v) is 6.57. The normalized spacial score (nSPS) is 29.7. The highest BCUT2D eigenvalue weighted by Gasteiger charge is 2.49. The molecule has 4 nitrogen and oxygen atoms in total. The van der Waals surface area contributed by atoms with Gasteiger partial charge in [-0.3, -0.25) is 9.59 Å². The summed E-state index contributed by atoms with van der Waals surface area (Å²) in [7, 11) is 0. The molecule has 1 heterocycles. The van der Waals surface area contributed by atoms with E-state index in [9.17, 15) is 14.7 Å². The van der Waals surface area contributed by atoms with Crippen LogP contribution in [0.15, 0.2) is 12.7 Å². The number of carbonyl (C=O) groups excluding carboxylic acids is 1. The van der Waals surface area contributed by atoms with Gasteiger partial charge in [0, 0.05) is 13.1 Å². The lowest BCUT2D eigenvalue weighted by atomic mass is 9.65. The largest absolute Gasteiger partial charge is 0.481 e. The van der Waals surface area contributed by atoms with Gasteiger partial charge in [0.25, 0.3) is 0 Å². The van der Waals surface area contributed by atoms with E-state index in [0.717, 1.165) is 19.3 Å². The quantitative estimate of drug-likeness (QED) is 0.778. The van der Waals surface area contributed by atoms with Crippen molar-refractivity contribution in [3.63, 3.8) is 0 Å². The summed E-state index contributed by atoms with van der Waals surface area (Å²) in [6, 6.07) is 0. The van der Waals surface area contributed by atoms with E-state index in [4.69, 9.17) is 0 Å². The minimum atomic E-state index is -0.802. The van der Waals surface area contributed by atoms with Crippen molar-refractivity contribution in [2.45, 2.75) is 39.0 Å². The zero-order valence-corrected chi connectivity index (χ0v) is 10.9. The summed E-state index contributed by atoms with van der Waals surface area (Å²) in [6.07, 6.45) is 5.99. The van der Waals surface area contributed by atoms with Crippen LogP contribution in [0.2, 0.25) is 0 Å². The summed E-state index contributed by atoms with van der Waals surface area (Å²) in [5.41, 5.74) is -1.04. The zero-order chi connectivity index (χ0) is 13.4. The van der Waals surface area contributed by atoms with Crippen LogP contribution in [0.4, 0.5) is 0 Å². The number of hydrogen-bond donors (Lipinski definition) is 1. The van der Waals surface area contributed by atoms with Crippen LogP contribution in [-0.2, 0) is 9.59 Å². The molecular formula is C14H21NO3. The van der Waals surface area contributed by atoms with Gasteiger partial charge in [-0.15, -0.1) is 6.58 Å². The van der Waals surface area contributed by atoms with Gasteiger partial charge in [-0.1, -0.05) is 12.5 Å². The van der Waals surface area contributed by atoms with E-state index in [0.29, 0.717) is 25.9 Å². The SMILES string of the molecule is C=CCC1(C(=O)N2CCC(C)(C(=O)O)C2)CCC1. The van der Waals surface area contributed by atoms with Gasteiger partial charge in [-0.25, -0.2) is 0 Å². The van der Waals surface area contributed by atoms with Crippen molar-refractivity contribution >= 4 is 11.9 Å². The molecule has 0 bridgehead atoms. The Morgan fingerprint density at radius 1 is 1.39 bits per heavy atom. The predicted octanol–water partition coefficient (Wildman–Crippen LogP) is 2.06. The molecular weight excluding hydrogens is 230 g/mol. The number of amides is 1. The van der Waals surface area contributed by atoms with Gasteiger partial charge in [0.15, 0.2) is 0 Å². The Morgan fingerprint density at radius 2 is 2.06 bits per heavy atom. The van der Waals surface area contributed by atoms with Gasteiger partial charge >= 0.3 is 5.97 Å². The highest BCUT2D eigenvalue weighted by Crippen LogP contribution is 2.47. The Morgan fingerprint density at radius 3 is 2.44 bits per heavy atom. The number of hydrogen-bond acceptors (Lipinski definition) is 2. The van der Waals surface area contributed by atoms with E-state index >= 15 is 0 Å². The topological polar surface area (TPSA) is 57.6 Å². The van der Waals surface area contributed by atoms with E-state index in [1.807, 2.05) is 6.08 Å². The Bertz CT molecular complexity index is 387. The van der Waals surface area contributed by atoms with Crippen LogP contribution in [0.5, 0.6) is 0 Å². The maximum atomic E-state index is 12.5. The predicted molar refractivity (Wildman–Crippen MR) is 68.0 cm³/mol. The van der Waals surface area contributed by atoms with Crippen molar-refractivity contribution in [1.29, 1.82) is 0 Å². The van der Waals surface area contributed by atoms with Gasteiger partial charge in [0.05, 0.1) is 10.8 Å². The van der Waals surface area contributed by atoms with Crippen molar-refractivity contribution in [3.05, 3.63) is 12.7 Å². The number of rotatable bonds is 4. The molecule has 4 heteroatoms. The third-order valence-electron chi connectivity index (χ3n) is 4.58. The number of carbonyl (C=O) groups is 2. The van der Waals surface area contributed by atoms with Crippen LogP contribution < -0.4 is 0 Å². The molecule has 1 aliphatic carbocycles. The molecule has 100 valence electrons. The van der Waals surface area contributed by atoms with E-state index in [1.54, 1.807) is 11.8 Å². The number of nitrogens with zero attached hydrogens (tertiary/aromatic N) is 1. The lowest BCUT2D eigenvalue weighted by molar-refractivity contribution is -0.150. The maximum Gasteiger partial charge on any atom is 0.311 e. The first kappa shape index (κ1) is 13.1. The second-order valence-electron chi connectivity index (χ2n) is 5.97. The molecule has 0 radical (unpaired) electrons. The molecule has 18 heavy (non-hydrogen) atoms. The second kappa shape index (κ2) is 4.41. The molecule has 1 N–H and O–H groups in total. The molecule has 0 aromatic carbocycles. The van der Waals surface area contributed by atoms with Crippen molar-refractivity contribution in [1.82, 2.24) is 4.90 Å². The molecule has 1 atom stereocenters. The van der Waals surface area contributed by atoms with Crippen LogP contribution in [0.25, 0.3) is 0 Å². The third-order valence-corrected chi connectivity index (χ3v) is 4.58. The second-order valence-corrected chi connectivity index (χ2v) is 5.97. The number of likely N-dealkylation sites (tertiary alicyclic amines) is 1. The molecule has 0 aromatic heterocycles. The zero-order valence-electron chi connectivity index (χ0n) is 10.9.